The zero-order valence-electron chi connectivity index (χ0n) is 19.3. The second-order valence-corrected chi connectivity index (χ2v) is 8.69. The monoisotopic (exact) mass is 439 g/mol. The van der Waals surface area contributed by atoms with E-state index in [2.05, 4.69) is 22.0 Å². The van der Waals surface area contributed by atoms with E-state index in [-0.39, 0.29) is 24.8 Å². The largest absolute Gasteiger partial charge is 0.444 e. The van der Waals surface area contributed by atoms with Crippen LogP contribution in [0.3, 0.4) is 0 Å². The van der Waals surface area contributed by atoms with Gasteiger partial charge in [0, 0.05) is 31.6 Å². The van der Waals surface area contributed by atoms with Crippen molar-refractivity contribution in [3.05, 3.63) is 65.2 Å². The number of nitrogens with one attached hydrogen (secondary N) is 3. The average Bonchev–Trinajstić information content (AvgIpc) is 2.70. The molecule has 0 spiro atoms. The van der Waals surface area contributed by atoms with Crippen molar-refractivity contribution < 1.29 is 19.1 Å². The Labute approximate surface area is 189 Å². The fraction of sp³-hybridized carbons (Fsp3) is 0.400. The van der Waals surface area contributed by atoms with Gasteiger partial charge in [0.25, 0.3) is 0 Å². The molecule has 0 aliphatic heterocycles. The molecule has 2 aromatic rings. The second kappa shape index (κ2) is 11.9. The van der Waals surface area contributed by atoms with Crippen molar-refractivity contribution in [2.75, 3.05) is 11.9 Å². The Morgan fingerprint density at radius 1 is 0.875 bits per heavy atom. The van der Waals surface area contributed by atoms with Crippen molar-refractivity contribution in [1.82, 2.24) is 10.6 Å². The number of carbonyl (C=O) groups excluding carboxylic acids is 3. The molecular weight excluding hydrogens is 406 g/mol. The van der Waals surface area contributed by atoms with Gasteiger partial charge in [-0.1, -0.05) is 42.0 Å². The second-order valence-electron chi connectivity index (χ2n) is 8.69. The van der Waals surface area contributed by atoms with Crippen molar-refractivity contribution >= 4 is 23.6 Å². The predicted octanol–water partition coefficient (Wildman–Crippen LogP) is 4.10. The molecular formula is C25H33N3O4. The van der Waals surface area contributed by atoms with Crippen LogP contribution in [0, 0.1) is 6.92 Å². The highest BCUT2D eigenvalue weighted by Crippen LogP contribution is 2.12. The van der Waals surface area contributed by atoms with E-state index in [0.717, 1.165) is 11.1 Å². The van der Waals surface area contributed by atoms with Crippen molar-refractivity contribution in [1.29, 1.82) is 0 Å². The third-order valence-corrected chi connectivity index (χ3v) is 4.44. The summed E-state index contributed by atoms with van der Waals surface area (Å²) in [7, 11) is 0. The van der Waals surface area contributed by atoms with Crippen LogP contribution in [0.25, 0.3) is 0 Å². The van der Waals surface area contributed by atoms with Gasteiger partial charge in [0.1, 0.15) is 5.60 Å². The van der Waals surface area contributed by atoms with Crippen molar-refractivity contribution in [2.24, 2.45) is 0 Å². The van der Waals surface area contributed by atoms with Gasteiger partial charge < -0.3 is 20.7 Å². The highest BCUT2D eigenvalue weighted by atomic mass is 16.6. The molecule has 0 aromatic heterocycles. The summed E-state index contributed by atoms with van der Waals surface area (Å²) < 4.78 is 5.13. The van der Waals surface area contributed by atoms with E-state index in [1.165, 1.54) is 5.56 Å². The zero-order chi connectivity index (χ0) is 23.6. The molecule has 3 amide bonds. The summed E-state index contributed by atoms with van der Waals surface area (Å²) in [6.45, 7) is 7.93. The van der Waals surface area contributed by atoms with E-state index in [4.69, 9.17) is 4.74 Å². The Bertz CT molecular complexity index is 935. The average molecular weight is 440 g/mol. The maximum absolute atomic E-state index is 12.2. The molecule has 2 aromatic carbocycles. The van der Waals surface area contributed by atoms with Gasteiger partial charge >= 0.3 is 6.09 Å². The molecule has 2 rings (SSSR count). The van der Waals surface area contributed by atoms with E-state index in [9.17, 15) is 14.4 Å². The van der Waals surface area contributed by atoms with Crippen LogP contribution in [0.1, 0.15) is 50.3 Å². The van der Waals surface area contributed by atoms with E-state index < -0.39 is 11.7 Å². The van der Waals surface area contributed by atoms with Crippen molar-refractivity contribution in [3.63, 3.8) is 0 Å². The van der Waals surface area contributed by atoms with Crippen LogP contribution in [0.5, 0.6) is 0 Å². The van der Waals surface area contributed by atoms with E-state index in [1.54, 1.807) is 26.8 Å². The maximum Gasteiger partial charge on any atom is 0.407 e. The highest BCUT2D eigenvalue weighted by Gasteiger charge is 2.16. The Morgan fingerprint density at radius 3 is 2.31 bits per heavy atom. The lowest BCUT2D eigenvalue weighted by atomic mass is 10.1. The quantitative estimate of drug-likeness (QED) is 0.548. The number of alkyl carbamates (subject to hydrolysis) is 1. The van der Waals surface area contributed by atoms with Gasteiger partial charge in [-0.25, -0.2) is 4.79 Å². The van der Waals surface area contributed by atoms with Gasteiger partial charge in [0.2, 0.25) is 11.8 Å². The van der Waals surface area contributed by atoms with Crippen molar-refractivity contribution in [3.8, 4) is 0 Å². The molecule has 32 heavy (non-hydrogen) atoms. The first-order chi connectivity index (χ1) is 15.1. The minimum Gasteiger partial charge on any atom is -0.444 e. The van der Waals surface area contributed by atoms with Gasteiger partial charge in [-0.3, -0.25) is 9.59 Å². The van der Waals surface area contributed by atoms with Crippen LogP contribution in [0.15, 0.2) is 48.5 Å². The number of ether oxygens (including phenoxy) is 1. The SMILES string of the molecule is Cc1cccc(CCC(=O)NCc2cccc(NC(=O)CCNC(=O)OC(C)(C)C)c2)c1. The lowest BCUT2D eigenvalue weighted by molar-refractivity contribution is -0.121. The van der Waals surface area contributed by atoms with E-state index in [0.29, 0.717) is 25.1 Å². The molecule has 0 saturated heterocycles. The van der Waals surface area contributed by atoms with Crippen LogP contribution in [-0.4, -0.2) is 30.1 Å². The number of hydrogen-bond donors (Lipinski definition) is 3. The summed E-state index contributed by atoms with van der Waals surface area (Å²) in [4.78, 5) is 35.9. The fourth-order valence-corrected chi connectivity index (χ4v) is 2.99. The third kappa shape index (κ3) is 10.1. The Hall–Kier alpha value is -3.35. The first-order valence-electron chi connectivity index (χ1n) is 10.8. The molecule has 0 atom stereocenters. The standard InChI is InChI=1S/C25H33N3O4/c1-18-7-5-8-19(15-18)11-12-22(29)27-17-20-9-6-10-21(16-20)28-23(30)13-14-26-24(31)32-25(2,3)4/h5-10,15-16H,11-14,17H2,1-4H3,(H,26,31)(H,27,29)(H,28,30). The van der Waals surface area contributed by atoms with Crippen LogP contribution in [-0.2, 0) is 27.3 Å². The molecule has 3 N–H and O–H groups in total. The first kappa shape index (κ1) is 24.9. The zero-order valence-corrected chi connectivity index (χ0v) is 19.3. The lowest BCUT2D eigenvalue weighted by Gasteiger charge is -2.19. The number of aryl methyl sites for hydroxylation is 2. The molecule has 7 heteroatoms. The number of anilines is 1. The van der Waals surface area contributed by atoms with Gasteiger partial charge in [0.05, 0.1) is 0 Å². The Balaban J connectivity index is 1.72. The molecule has 0 fully saturated rings. The van der Waals surface area contributed by atoms with Gasteiger partial charge in [-0.05, 0) is 57.4 Å². The highest BCUT2D eigenvalue weighted by molar-refractivity contribution is 5.91. The topological polar surface area (TPSA) is 96.5 Å². The van der Waals surface area contributed by atoms with Gasteiger partial charge in [-0.2, -0.15) is 0 Å². The van der Waals surface area contributed by atoms with Crippen LogP contribution < -0.4 is 16.0 Å². The molecule has 0 bridgehead atoms. The van der Waals surface area contributed by atoms with Crippen LogP contribution in [0.2, 0.25) is 0 Å². The molecule has 0 heterocycles. The summed E-state index contributed by atoms with van der Waals surface area (Å²) >= 11 is 0. The molecule has 172 valence electrons. The summed E-state index contributed by atoms with van der Waals surface area (Å²) in [5.74, 6) is -0.241. The molecule has 0 aliphatic carbocycles. The summed E-state index contributed by atoms with van der Waals surface area (Å²) in [6, 6.07) is 15.5. The number of benzene rings is 2. The molecule has 0 unspecified atom stereocenters. The summed E-state index contributed by atoms with van der Waals surface area (Å²) in [5.41, 5.74) is 3.27. The number of amides is 3. The normalized spacial score (nSPS) is 10.9. The Morgan fingerprint density at radius 2 is 1.59 bits per heavy atom. The minimum absolute atomic E-state index is 0.0193. The molecule has 0 saturated carbocycles. The predicted molar refractivity (Wildman–Crippen MR) is 125 cm³/mol. The van der Waals surface area contributed by atoms with E-state index >= 15 is 0 Å². The third-order valence-electron chi connectivity index (χ3n) is 4.44. The summed E-state index contributed by atoms with van der Waals surface area (Å²) in [5, 5.41) is 8.27. The van der Waals surface area contributed by atoms with E-state index in [1.807, 2.05) is 43.3 Å². The Kier molecular flexibility index (Phi) is 9.25. The van der Waals surface area contributed by atoms with Crippen molar-refractivity contribution in [2.45, 2.75) is 59.1 Å². The lowest BCUT2D eigenvalue weighted by Crippen LogP contribution is -2.34. The maximum atomic E-state index is 12.2. The molecule has 0 aliphatic rings. The number of rotatable bonds is 9. The van der Waals surface area contributed by atoms with Gasteiger partial charge in [-0.15, -0.1) is 0 Å². The molecule has 0 radical (unpaired) electrons. The minimum atomic E-state index is -0.581. The first-order valence-corrected chi connectivity index (χ1v) is 10.8. The summed E-state index contributed by atoms with van der Waals surface area (Å²) in [6.07, 6.45) is 0.690. The smallest absolute Gasteiger partial charge is 0.407 e. The molecule has 7 nitrogen and oxygen atoms in total. The van der Waals surface area contributed by atoms with Crippen LogP contribution >= 0.6 is 0 Å². The fourth-order valence-electron chi connectivity index (χ4n) is 2.99. The number of carbonyl (C=O) groups is 3. The number of hydrogen-bond acceptors (Lipinski definition) is 4. The van der Waals surface area contributed by atoms with Crippen LogP contribution in [0.4, 0.5) is 10.5 Å². The van der Waals surface area contributed by atoms with Gasteiger partial charge in [0.15, 0.2) is 0 Å².